The zero-order chi connectivity index (χ0) is 17.4. The second kappa shape index (κ2) is 7.92. The number of hydrogen-bond acceptors (Lipinski definition) is 4. The highest BCUT2D eigenvalue weighted by molar-refractivity contribution is 7.89. The maximum Gasteiger partial charge on any atom is 0.243 e. The molecule has 0 saturated carbocycles. The number of halogens is 1. The van der Waals surface area contributed by atoms with Gasteiger partial charge >= 0.3 is 0 Å². The van der Waals surface area contributed by atoms with Crippen molar-refractivity contribution in [2.45, 2.75) is 43.5 Å². The van der Waals surface area contributed by atoms with Crippen molar-refractivity contribution >= 4 is 22.4 Å². The van der Waals surface area contributed by atoms with Crippen LogP contribution in [0, 0.1) is 0 Å². The Kier molecular flexibility index (Phi) is 6.55. The quantitative estimate of drug-likeness (QED) is 0.862. The molecule has 7 heteroatoms. The van der Waals surface area contributed by atoms with Crippen LogP contribution in [0.25, 0.3) is 0 Å². The summed E-state index contributed by atoms with van der Waals surface area (Å²) < 4.78 is 27.5. The van der Waals surface area contributed by atoms with Crippen LogP contribution in [0.1, 0.15) is 32.8 Å². The Balaban J connectivity index is 0.00000225. The van der Waals surface area contributed by atoms with Crippen LogP contribution in [0.15, 0.2) is 29.2 Å². The van der Waals surface area contributed by atoms with E-state index >= 15 is 0 Å². The first-order chi connectivity index (χ1) is 11.3. The summed E-state index contributed by atoms with van der Waals surface area (Å²) in [5, 5.41) is 3.35. The fraction of sp³-hybridized carbons (Fsp3) is 0.667. The van der Waals surface area contributed by atoms with Crippen molar-refractivity contribution in [3.63, 3.8) is 0 Å². The van der Waals surface area contributed by atoms with Gasteiger partial charge in [0.05, 0.1) is 4.90 Å². The van der Waals surface area contributed by atoms with Gasteiger partial charge in [-0.25, -0.2) is 8.42 Å². The maximum absolute atomic E-state index is 12.9. The summed E-state index contributed by atoms with van der Waals surface area (Å²) >= 11 is 0. The van der Waals surface area contributed by atoms with Crippen LogP contribution in [0.4, 0.5) is 0 Å². The average molecular weight is 388 g/mol. The average Bonchev–Trinajstić information content (AvgIpc) is 3.06. The monoisotopic (exact) mass is 387 g/mol. The third-order valence-electron chi connectivity index (χ3n) is 5.15. The van der Waals surface area contributed by atoms with Gasteiger partial charge < -0.3 is 5.32 Å². The lowest BCUT2D eigenvalue weighted by molar-refractivity contribution is 0.179. The van der Waals surface area contributed by atoms with Crippen molar-refractivity contribution in [1.82, 2.24) is 14.5 Å². The number of benzene rings is 1. The highest BCUT2D eigenvalue weighted by atomic mass is 35.5. The van der Waals surface area contributed by atoms with Gasteiger partial charge in [-0.3, -0.25) is 4.90 Å². The van der Waals surface area contributed by atoms with E-state index in [1.54, 1.807) is 16.4 Å². The molecule has 0 aliphatic carbocycles. The molecule has 1 atom stereocenters. The number of nitrogens with zero attached hydrogens (tertiary/aromatic N) is 2. The minimum atomic E-state index is -3.38. The molecule has 1 N–H and O–H groups in total. The van der Waals surface area contributed by atoms with Gasteiger partial charge in [0.1, 0.15) is 0 Å². The Morgan fingerprint density at radius 2 is 1.64 bits per heavy atom. The van der Waals surface area contributed by atoms with E-state index in [1.165, 1.54) is 0 Å². The van der Waals surface area contributed by atoms with Crippen LogP contribution >= 0.6 is 12.4 Å². The molecular weight excluding hydrogens is 358 g/mol. The molecule has 2 fully saturated rings. The predicted octanol–water partition coefficient (Wildman–Crippen LogP) is 2.07. The molecule has 25 heavy (non-hydrogen) atoms. The first kappa shape index (κ1) is 20.6. The molecule has 0 spiro atoms. The topological polar surface area (TPSA) is 52.7 Å². The molecule has 1 aromatic carbocycles. The largest absolute Gasteiger partial charge is 0.314 e. The maximum atomic E-state index is 12.9. The van der Waals surface area contributed by atoms with Gasteiger partial charge in [0.15, 0.2) is 0 Å². The lowest BCUT2D eigenvalue weighted by Gasteiger charge is -2.32. The Morgan fingerprint density at radius 3 is 2.20 bits per heavy atom. The van der Waals surface area contributed by atoms with Crippen molar-refractivity contribution in [3.8, 4) is 0 Å². The molecule has 1 unspecified atom stereocenters. The molecule has 1 aromatic rings. The molecule has 2 aliphatic heterocycles. The highest BCUT2D eigenvalue weighted by Crippen LogP contribution is 2.27. The lowest BCUT2D eigenvalue weighted by atomic mass is 9.87. The minimum Gasteiger partial charge on any atom is -0.314 e. The number of hydrogen-bond donors (Lipinski definition) is 1. The van der Waals surface area contributed by atoms with Gasteiger partial charge in [-0.2, -0.15) is 4.31 Å². The molecule has 0 radical (unpaired) electrons. The third kappa shape index (κ3) is 4.55. The normalized spacial score (nSPS) is 23.4. The summed E-state index contributed by atoms with van der Waals surface area (Å²) in [5.74, 6) is 0. The number of sulfonamides is 1. The van der Waals surface area contributed by atoms with E-state index in [2.05, 4.69) is 31.0 Å². The van der Waals surface area contributed by atoms with E-state index in [0.29, 0.717) is 24.0 Å². The van der Waals surface area contributed by atoms with Gasteiger partial charge in [-0.05, 0) is 29.5 Å². The zero-order valence-electron chi connectivity index (χ0n) is 15.4. The molecule has 0 amide bonds. The van der Waals surface area contributed by atoms with E-state index < -0.39 is 10.0 Å². The Labute approximate surface area is 158 Å². The first-order valence-corrected chi connectivity index (χ1v) is 10.3. The lowest BCUT2D eigenvalue weighted by Crippen LogP contribution is -2.49. The predicted molar refractivity (Wildman–Crippen MR) is 104 cm³/mol. The fourth-order valence-corrected chi connectivity index (χ4v) is 5.04. The summed E-state index contributed by atoms with van der Waals surface area (Å²) in [6.07, 6.45) is 0.930. The number of nitrogens with one attached hydrogen (secondary N) is 1. The van der Waals surface area contributed by atoms with Crippen LogP contribution in [-0.4, -0.2) is 62.9 Å². The van der Waals surface area contributed by atoms with Gasteiger partial charge in [-0.1, -0.05) is 32.9 Å². The van der Waals surface area contributed by atoms with Crippen molar-refractivity contribution in [2.24, 2.45) is 0 Å². The molecule has 142 valence electrons. The molecule has 0 bridgehead atoms. The van der Waals surface area contributed by atoms with E-state index in [-0.39, 0.29) is 17.8 Å². The van der Waals surface area contributed by atoms with Gasteiger partial charge in [0.2, 0.25) is 10.0 Å². The van der Waals surface area contributed by atoms with Crippen LogP contribution < -0.4 is 5.32 Å². The van der Waals surface area contributed by atoms with Gasteiger partial charge in [-0.15, -0.1) is 12.4 Å². The van der Waals surface area contributed by atoms with Crippen LogP contribution in [-0.2, 0) is 15.4 Å². The molecular formula is C18H30ClN3O2S. The van der Waals surface area contributed by atoms with Crippen LogP contribution in [0.2, 0.25) is 0 Å². The van der Waals surface area contributed by atoms with E-state index in [4.69, 9.17) is 0 Å². The molecule has 5 nitrogen and oxygen atoms in total. The first-order valence-electron chi connectivity index (χ1n) is 8.84. The van der Waals surface area contributed by atoms with Crippen molar-refractivity contribution in [1.29, 1.82) is 0 Å². The fourth-order valence-electron chi connectivity index (χ4n) is 3.55. The molecule has 3 rings (SSSR count). The summed E-state index contributed by atoms with van der Waals surface area (Å²) in [6, 6.07) is 7.76. The Hall–Kier alpha value is -0.660. The minimum absolute atomic E-state index is 0. The summed E-state index contributed by atoms with van der Waals surface area (Å²) in [7, 11) is -3.38. The summed E-state index contributed by atoms with van der Waals surface area (Å²) in [4.78, 5) is 2.84. The molecule has 0 aromatic heterocycles. The van der Waals surface area contributed by atoms with Crippen molar-refractivity contribution in [3.05, 3.63) is 29.8 Å². The zero-order valence-corrected chi connectivity index (χ0v) is 17.0. The highest BCUT2D eigenvalue weighted by Gasteiger charge is 2.35. The second-order valence-corrected chi connectivity index (χ2v) is 9.80. The van der Waals surface area contributed by atoms with E-state index in [9.17, 15) is 8.42 Å². The number of rotatable bonds is 3. The SMILES string of the molecule is CC(C)(C)c1ccc(S(=O)(=O)N2CCC(N3CCNCC3)C2)cc1.Cl. The summed E-state index contributed by atoms with van der Waals surface area (Å²) in [5.41, 5.74) is 1.19. The molecule has 2 saturated heterocycles. The Morgan fingerprint density at radius 1 is 1.04 bits per heavy atom. The van der Waals surface area contributed by atoms with Crippen molar-refractivity contribution < 1.29 is 8.42 Å². The second-order valence-electron chi connectivity index (χ2n) is 7.87. The van der Waals surface area contributed by atoms with Crippen LogP contribution in [0.3, 0.4) is 0 Å². The standard InChI is InChI=1S/C18H29N3O2S.ClH/c1-18(2,3)15-4-6-17(7-5-15)24(22,23)21-11-8-16(14-21)20-12-9-19-10-13-20;/h4-7,16,19H,8-14H2,1-3H3;1H. The van der Waals surface area contributed by atoms with E-state index in [1.807, 2.05) is 12.1 Å². The third-order valence-corrected chi connectivity index (χ3v) is 7.03. The Bertz CT molecular complexity index is 665. The van der Waals surface area contributed by atoms with Gasteiger partial charge in [0.25, 0.3) is 0 Å². The summed E-state index contributed by atoms with van der Waals surface area (Å²) in [6.45, 7) is 11.7. The van der Waals surface area contributed by atoms with Crippen LogP contribution in [0.5, 0.6) is 0 Å². The smallest absolute Gasteiger partial charge is 0.243 e. The van der Waals surface area contributed by atoms with Crippen molar-refractivity contribution in [2.75, 3.05) is 39.3 Å². The molecule has 2 aliphatic rings. The number of piperazine rings is 1. The molecule has 2 heterocycles. The van der Waals surface area contributed by atoms with Gasteiger partial charge in [0, 0.05) is 45.3 Å². The van der Waals surface area contributed by atoms with E-state index in [0.717, 1.165) is 38.2 Å².